The molecule has 0 heterocycles. The van der Waals surface area contributed by atoms with Crippen molar-refractivity contribution in [1.29, 1.82) is 0 Å². The summed E-state index contributed by atoms with van der Waals surface area (Å²) in [5.41, 5.74) is 6.75. The smallest absolute Gasteiger partial charge is 0.159 e. The molecule has 6 heteroatoms. The predicted molar refractivity (Wildman–Crippen MR) is 49.9 cm³/mol. The molecule has 1 N–H and O–H groups in total. The Labute approximate surface area is 84.8 Å². The van der Waals surface area contributed by atoms with Crippen LogP contribution in [0.5, 0.6) is 0 Å². The summed E-state index contributed by atoms with van der Waals surface area (Å²) in [5, 5.41) is 13.0. The van der Waals surface area contributed by atoms with Crippen molar-refractivity contribution in [2.45, 2.75) is 12.5 Å². The Bertz CT molecular complexity index is 414. The molecule has 1 unspecified atom stereocenters. The van der Waals surface area contributed by atoms with Gasteiger partial charge in [-0.3, -0.25) is 0 Å². The predicted octanol–water partition coefficient (Wildman–Crippen LogP) is 2.48. The SMILES string of the molecule is CC(O)(CN=[N+]=[N-])c1ccc(F)c(F)c1. The number of azide groups is 1. The van der Waals surface area contributed by atoms with Crippen LogP contribution in [0.1, 0.15) is 12.5 Å². The number of benzene rings is 1. The molecule has 0 fully saturated rings. The zero-order valence-corrected chi connectivity index (χ0v) is 7.98. The lowest BCUT2D eigenvalue weighted by atomic mass is 9.96. The fourth-order valence-corrected chi connectivity index (χ4v) is 1.09. The van der Waals surface area contributed by atoms with E-state index in [9.17, 15) is 13.9 Å². The third kappa shape index (κ3) is 2.65. The quantitative estimate of drug-likeness (QED) is 0.467. The van der Waals surface area contributed by atoms with Crippen molar-refractivity contribution in [3.8, 4) is 0 Å². The van der Waals surface area contributed by atoms with Crippen LogP contribution in [-0.4, -0.2) is 11.7 Å². The van der Waals surface area contributed by atoms with Gasteiger partial charge in [0.15, 0.2) is 11.6 Å². The highest BCUT2D eigenvalue weighted by Gasteiger charge is 2.23. The van der Waals surface area contributed by atoms with Gasteiger partial charge in [0.2, 0.25) is 0 Å². The second-order valence-electron chi connectivity index (χ2n) is 3.29. The van der Waals surface area contributed by atoms with Gasteiger partial charge in [0.1, 0.15) is 0 Å². The Morgan fingerprint density at radius 2 is 2.13 bits per heavy atom. The first-order chi connectivity index (χ1) is 6.97. The van der Waals surface area contributed by atoms with Crippen LogP contribution in [-0.2, 0) is 5.60 Å². The van der Waals surface area contributed by atoms with E-state index in [4.69, 9.17) is 5.53 Å². The standard InChI is InChI=1S/C9H9F2N3O/c1-9(15,5-13-14-12)6-2-3-7(10)8(11)4-6/h2-4,15H,5H2,1H3. The van der Waals surface area contributed by atoms with Gasteiger partial charge < -0.3 is 5.11 Å². The van der Waals surface area contributed by atoms with Gasteiger partial charge in [-0.25, -0.2) is 8.78 Å². The Balaban J connectivity index is 3.04. The summed E-state index contributed by atoms with van der Waals surface area (Å²) in [6, 6.07) is 3.03. The Morgan fingerprint density at radius 1 is 1.47 bits per heavy atom. The Hall–Kier alpha value is -1.65. The number of halogens is 2. The molecule has 0 aromatic heterocycles. The maximum Gasteiger partial charge on any atom is 0.159 e. The summed E-state index contributed by atoms with van der Waals surface area (Å²) in [6.07, 6.45) is 0. The van der Waals surface area contributed by atoms with Gasteiger partial charge in [-0.2, -0.15) is 0 Å². The first kappa shape index (κ1) is 11.4. The van der Waals surface area contributed by atoms with Gasteiger partial charge in [0.05, 0.1) is 12.1 Å². The highest BCUT2D eigenvalue weighted by Crippen LogP contribution is 2.22. The van der Waals surface area contributed by atoms with Gasteiger partial charge in [0.25, 0.3) is 0 Å². The third-order valence-corrected chi connectivity index (χ3v) is 1.98. The molecule has 1 aromatic rings. The molecule has 0 amide bonds. The lowest BCUT2D eigenvalue weighted by Gasteiger charge is -2.21. The van der Waals surface area contributed by atoms with Crippen LogP contribution in [0.3, 0.4) is 0 Å². The van der Waals surface area contributed by atoms with Gasteiger partial charge in [-0.1, -0.05) is 11.2 Å². The van der Waals surface area contributed by atoms with E-state index >= 15 is 0 Å². The molecule has 0 saturated heterocycles. The fourth-order valence-electron chi connectivity index (χ4n) is 1.09. The van der Waals surface area contributed by atoms with E-state index in [2.05, 4.69) is 10.0 Å². The van der Waals surface area contributed by atoms with Gasteiger partial charge >= 0.3 is 0 Å². The zero-order valence-electron chi connectivity index (χ0n) is 7.98. The molecule has 1 rings (SSSR count). The van der Waals surface area contributed by atoms with Crippen LogP contribution in [0.4, 0.5) is 8.78 Å². The molecule has 0 bridgehead atoms. The molecule has 4 nitrogen and oxygen atoms in total. The lowest BCUT2D eigenvalue weighted by molar-refractivity contribution is 0.0665. The first-order valence-corrected chi connectivity index (χ1v) is 4.16. The topological polar surface area (TPSA) is 69.0 Å². The maximum absolute atomic E-state index is 12.8. The van der Waals surface area contributed by atoms with Crippen molar-refractivity contribution in [2.24, 2.45) is 5.11 Å². The molecule has 0 aliphatic rings. The monoisotopic (exact) mass is 213 g/mol. The molecule has 15 heavy (non-hydrogen) atoms. The van der Waals surface area contributed by atoms with E-state index in [1.165, 1.54) is 13.0 Å². The number of hydrogen-bond donors (Lipinski definition) is 1. The van der Waals surface area contributed by atoms with Crippen molar-refractivity contribution >= 4 is 0 Å². The molecule has 0 aliphatic heterocycles. The van der Waals surface area contributed by atoms with Crippen LogP contribution >= 0.6 is 0 Å². The second-order valence-corrected chi connectivity index (χ2v) is 3.29. The molecule has 1 atom stereocenters. The van der Waals surface area contributed by atoms with Crippen molar-refractivity contribution in [1.82, 2.24) is 0 Å². The second kappa shape index (κ2) is 4.25. The molecule has 1 aromatic carbocycles. The summed E-state index contributed by atoms with van der Waals surface area (Å²) < 4.78 is 25.4. The van der Waals surface area contributed by atoms with Crippen LogP contribution in [0, 0.1) is 11.6 Å². The van der Waals surface area contributed by atoms with Crippen molar-refractivity contribution < 1.29 is 13.9 Å². The van der Waals surface area contributed by atoms with Crippen molar-refractivity contribution in [3.63, 3.8) is 0 Å². The van der Waals surface area contributed by atoms with Gasteiger partial charge in [-0.05, 0) is 30.2 Å². The van der Waals surface area contributed by atoms with Crippen LogP contribution < -0.4 is 0 Å². The van der Waals surface area contributed by atoms with E-state index in [0.29, 0.717) is 0 Å². The fraction of sp³-hybridized carbons (Fsp3) is 0.333. The molecule has 0 radical (unpaired) electrons. The van der Waals surface area contributed by atoms with Crippen LogP contribution in [0.15, 0.2) is 23.3 Å². The highest BCUT2D eigenvalue weighted by molar-refractivity contribution is 5.23. The first-order valence-electron chi connectivity index (χ1n) is 4.16. The molecule has 0 aliphatic carbocycles. The van der Waals surface area contributed by atoms with E-state index < -0.39 is 17.2 Å². The lowest BCUT2D eigenvalue weighted by Crippen LogP contribution is -2.24. The number of nitrogens with zero attached hydrogens (tertiary/aromatic N) is 3. The average molecular weight is 213 g/mol. The maximum atomic E-state index is 12.8. The Morgan fingerprint density at radius 3 is 2.67 bits per heavy atom. The summed E-state index contributed by atoms with van der Waals surface area (Å²) in [5.74, 6) is -2.04. The van der Waals surface area contributed by atoms with Gasteiger partial charge in [0, 0.05) is 4.91 Å². The van der Waals surface area contributed by atoms with Gasteiger partial charge in [-0.15, -0.1) is 0 Å². The van der Waals surface area contributed by atoms with Crippen molar-refractivity contribution in [3.05, 3.63) is 45.8 Å². The van der Waals surface area contributed by atoms with Crippen LogP contribution in [0.2, 0.25) is 0 Å². The zero-order chi connectivity index (χ0) is 11.5. The number of hydrogen-bond acceptors (Lipinski definition) is 2. The normalized spacial score (nSPS) is 14.1. The summed E-state index contributed by atoms with van der Waals surface area (Å²) in [6.45, 7) is 1.11. The minimum Gasteiger partial charge on any atom is -0.385 e. The molecule has 80 valence electrons. The third-order valence-electron chi connectivity index (χ3n) is 1.98. The van der Waals surface area contributed by atoms with E-state index in [-0.39, 0.29) is 12.1 Å². The largest absolute Gasteiger partial charge is 0.385 e. The van der Waals surface area contributed by atoms with E-state index in [1.807, 2.05) is 0 Å². The number of rotatable bonds is 3. The molecular weight excluding hydrogens is 204 g/mol. The molecular formula is C9H9F2N3O. The molecule has 0 saturated carbocycles. The van der Waals surface area contributed by atoms with E-state index in [1.54, 1.807) is 0 Å². The minimum absolute atomic E-state index is 0.161. The van der Waals surface area contributed by atoms with Crippen molar-refractivity contribution in [2.75, 3.05) is 6.54 Å². The summed E-state index contributed by atoms with van der Waals surface area (Å²) >= 11 is 0. The number of aliphatic hydroxyl groups is 1. The van der Waals surface area contributed by atoms with Crippen LogP contribution in [0.25, 0.3) is 10.4 Å². The highest BCUT2D eigenvalue weighted by atomic mass is 19.2. The summed E-state index contributed by atoms with van der Waals surface area (Å²) in [7, 11) is 0. The molecule has 0 spiro atoms. The Kier molecular flexibility index (Phi) is 3.24. The average Bonchev–Trinajstić information content (AvgIpc) is 2.19. The van der Waals surface area contributed by atoms with E-state index in [0.717, 1.165) is 12.1 Å². The summed E-state index contributed by atoms with van der Waals surface area (Å²) in [4.78, 5) is 2.48. The minimum atomic E-state index is -1.50.